The molecular weight excluding hydrogens is 218 g/mol. The van der Waals surface area contributed by atoms with Gasteiger partial charge in [0, 0.05) is 6.04 Å². The van der Waals surface area contributed by atoms with Gasteiger partial charge in [0.15, 0.2) is 0 Å². The van der Waals surface area contributed by atoms with Crippen LogP contribution in [0.1, 0.15) is 36.0 Å². The Morgan fingerprint density at radius 2 is 2.12 bits per heavy atom. The van der Waals surface area contributed by atoms with E-state index in [1.807, 2.05) is 0 Å². The molecule has 1 saturated carbocycles. The standard InChI is InChI=1S/C13H17NO3/c1-17-12-7-6-9(13(15)16)8-11(12)14-10-4-2-3-5-10/h6-8,10,14H,2-5H2,1H3,(H,15,16). The smallest absolute Gasteiger partial charge is 0.335 e. The van der Waals surface area contributed by atoms with Gasteiger partial charge in [0.2, 0.25) is 0 Å². The molecule has 4 heteroatoms. The Bertz CT molecular complexity index is 411. The lowest BCUT2D eigenvalue weighted by molar-refractivity contribution is 0.0697. The first kappa shape index (κ1) is 11.8. The van der Waals surface area contributed by atoms with Crippen molar-refractivity contribution >= 4 is 11.7 Å². The summed E-state index contributed by atoms with van der Waals surface area (Å²) in [7, 11) is 1.59. The summed E-state index contributed by atoms with van der Waals surface area (Å²) in [6.07, 6.45) is 4.75. The summed E-state index contributed by atoms with van der Waals surface area (Å²) in [5.74, 6) is -0.218. The minimum Gasteiger partial charge on any atom is -0.495 e. The van der Waals surface area contributed by atoms with Gasteiger partial charge in [-0.25, -0.2) is 4.79 Å². The number of methoxy groups -OCH3 is 1. The first-order valence-electron chi connectivity index (χ1n) is 5.88. The number of nitrogens with one attached hydrogen (secondary N) is 1. The third kappa shape index (κ3) is 2.70. The van der Waals surface area contributed by atoms with Crippen LogP contribution in [0.5, 0.6) is 5.75 Å². The molecule has 1 fully saturated rings. The highest BCUT2D eigenvalue weighted by Crippen LogP contribution is 2.29. The average Bonchev–Trinajstić information content (AvgIpc) is 2.81. The van der Waals surface area contributed by atoms with Crippen LogP contribution in [0.4, 0.5) is 5.69 Å². The molecule has 1 aromatic rings. The van der Waals surface area contributed by atoms with Crippen LogP contribution >= 0.6 is 0 Å². The van der Waals surface area contributed by atoms with Gasteiger partial charge < -0.3 is 15.2 Å². The molecule has 0 bridgehead atoms. The van der Waals surface area contributed by atoms with Crippen molar-refractivity contribution in [3.8, 4) is 5.75 Å². The van der Waals surface area contributed by atoms with Crippen molar-refractivity contribution in [1.29, 1.82) is 0 Å². The number of carboxylic acid groups (broad SMARTS) is 1. The lowest BCUT2D eigenvalue weighted by Crippen LogP contribution is -2.15. The molecule has 17 heavy (non-hydrogen) atoms. The number of hydrogen-bond acceptors (Lipinski definition) is 3. The van der Waals surface area contributed by atoms with Crippen molar-refractivity contribution in [2.45, 2.75) is 31.7 Å². The number of carboxylic acids is 1. The monoisotopic (exact) mass is 235 g/mol. The fourth-order valence-corrected chi connectivity index (χ4v) is 2.24. The zero-order chi connectivity index (χ0) is 12.3. The molecule has 0 unspecified atom stereocenters. The van der Waals surface area contributed by atoms with Gasteiger partial charge >= 0.3 is 5.97 Å². The molecule has 0 heterocycles. The summed E-state index contributed by atoms with van der Waals surface area (Å²) in [5, 5.41) is 12.3. The lowest BCUT2D eigenvalue weighted by atomic mass is 10.1. The highest BCUT2D eigenvalue weighted by atomic mass is 16.5. The Kier molecular flexibility index (Phi) is 3.52. The van der Waals surface area contributed by atoms with Gasteiger partial charge in [-0.15, -0.1) is 0 Å². The molecular formula is C13H17NO3. The molecule has 4 nitrogen and oxygen atoms in total. The summed E-state index contributed by atoms with van der Waals surface area (Å²) in [4.78, 5) is 10.9. The predicted octanol–water partition coefficient (Wildman–Crippen LogP) is 2.75. The van der Waals surface area contributed by atoms with Crippen molar-refractivity contribution < 1.29 is 14.6 Å². The Morgan fingerprint density at radius 3 is 2.71 bits per heavy atom. The van der Waals surface area contributed by atoms with E-state index in [1.54, 1.807) is 25.3 Å². The fraction of sp³-hybridized carbons (Fsp3) is 0.462. The van der Waals surface area contributed by atoms with E-state index in [-0.39, 0.29) is 5.56 Å². The molecule has 0 radical (unpaired) electrons. The van der Waals surface area contributed by atoms with Crippen LogP contribution in [0.2, 0.25) is 0 Å². The molecule has 92 valence electrons. The molecule has 0 aliphatic heterocycles. The lowest BCUT2D eigenvalue weighted by Gasteiger charge is -2.16. The zero-order valence-corrected chi connectivity index (χ0v) is 9.90. The average molecular weight is 235 g/mol. The number of benzene rings is 1. The third-order valence-electron chi connectivity index (χ3n) is 3.16. The maximum atomic E-state index is 10.9. The van der Waals surface area contributed by atoms with E-state index in [9.17, 15) is 4.79 Å². The molecule has 1 aliphatic carbocycles. The molecule has 2 rings (SSSR count). The van der Waals surface area contributed by atoms with E-state index in [0.29, 0.717) is 11.8 Å². The van der Waals surface area contributed by atoms with Crippen LogP contribution in [-0.4, -0.2) is 24.2 Å². The van der Waals surface area contributed by atoms with Crippen LogP contribution in [0.25, 0.3) is 0 Å². The van der Waals surface area contributed by atoms with Gasteiger partial charge in [-0.3, -0.25) is 0 Å². The van der Waals surface area contributed by atoms with E-state index in [0.717, 1.165) is 18.5 Å². The van der Waals surface area contributed by atoms with Crippen molar-refractivity contribution in [3.05, 3.63) is 23.8 Å². The summed E-state index contributed by atoms with van der Waals surface area (Å²) >= 11 is 0. The minimum absolute atomic E-state index is 0.284. The topological polar surface area (TPSA) is 58.6 Å². The molecule has 0 spiro atoms. The number of anilines is 1. The van der Waals surface area contributed by atoms with Crippen LogP contribution in [-0.2, 0) is 0 Å². The van der Waals surface area contributed by atoms with E-state index in [1.165, 1.54) is 12.8 Å². The molecule has 1 aliphatic rings. The molecule has 1 aromatic carbocycles. The predicted molar refractivity (Wildman–Crippen MR) is 65.8 cm³/mol. The Morgan fingerprint density at radius 1 is 1.41 bits per heavy atom. The van der Waals surface area contributed by atoms with E-state index in [4.69, 9.17) is 9.84 Å². The molecule has 0 aromatic heterocycles. The Hall–Kier alpha value is -1.71. The second kappa shape index (κ2) is 5.08. The highest BCUT2D eigenvalue weighted by molar-refractivity contribution is 5.89. The number of hydrogen-bond donors (Lipinski definition) is 2. The maximum Gasteiger partial charge on any atom is 0.335 e. The quantitative estimate of drug-likeness (QED) is 0.842. The van der Waals surface area contributed by atoms with Crippen molar-refractivity contribution in [2.24, 2.45) is 0 Å². The number of aromatic carboxylic acids is 1. The van der Waals surface area contributed by atoms with Gasteiger partial charge in [-0.1, -0.05) is 12.8 Å². The van der Waals surface area contributed by atoms with Gasteiger partial charge in [-0.05, 0) is 31.0 Å². The Labute approximate surface area is 101 Å². The van der Waals surface area contributed by atoms with E-state index >= 15 is 0 Å². The maximum absolute atomic E-state index is 10.9. The normalized spacial score (nSPS) is 15.8. The molecule has 0 amide bonds. The van der Waals surface area contributed by atoms with Gasteiger partial charge in [-0.2, -0.15) is 0 Å². The summed E-state index contributed by atoms with van der Waals surface area (Å²) in [6.45, 7) is 0. The van der Waals surface area contributed by atoms with Crippen LogP contribution < -0.4 is 10.1 Å². The van der Waals surface area contributed by atoms with Crippen LogP contribution in [0, 0.1) is 0 Å². The molecule has 0 atom stereocenters. The molecule has 2 N–H and O–H groups in total. The van der Waals surface area contributed by atoms with Crippen LogP contribution in [0.15, 0.2) is 18.2 Å². The SMILES string of the molecule is COc1ccc(C(=O)O)cc1NC1CCCC1. The fourth-order valence-electron chi connectivity index (χ4n) is 2.24. The second-order valence-corrected chi connectivity index (χ2v) is 4.35. The first-order chi connectivity index (χ1) is 8.20. The van der Waals surface area contributed by atoms with Gasteiger partial charge in [0.05, 0.1) is 18.4 Å². The van der Waals surface area contributed by atoms with E-state index in [2.05, 4.69) is 5.32 Å². The van der Waals surface area contributed by atoms with Crippen molar-refractivity contribution in [3.63, 3.8) is 0 Å². The van der Waals surface area contributed by atoms with Gasteiger partial charge in [0.1, 0.15) is 5.75 Å². The van der Waals surface area contributed by atoms with Crippen molar-refractivity contribution in [1.82, 2.24) is 0 Å². The molecule has 0 saturated heterocycles. The van der Waals surface area contributed by atoms with E-state index < -0.39 is 5.97 Å². The van der Waals surface area contributed by atoms with Crippen LogP contribution in [0.3, 0.4) is 0 Å². The third-order valence-corrected chi connectivity index (χ3v) is 3.16. The van der Waals surface area contributed by atoms with Gasteiger partial charge in [0.25, 0.3) is 0 Å². The zero-order valence-electron chi connectivity index (χ0n) is 9.90. The highest BCUT2D eigenvalue weighted by Gasteiger charge is 2.17. The van der Waals surface area contributed by atoms with Crippen molar-refractivity contribution in [2.75, 3.05) is 12.4 Å². The number of rotatable bonds is 4. The summed E-state index contributed by atoms with van der Waals surface area (Å²) < 4.78 is 5.23. The summed E-state index contributed by atoms with van der Waals surface area (Å²) in [6, 6.07) is 5.33. The number of ether oxygens (including phenoxy) is 1. The number of carbonyl (C=O) groups is 1. The first-order valence-corrected chi connectivity index (χ1v) is 5.88. The summed E-state index contributed by atoms with van der Waals surface area (Å²) in [5.41, 5.74) is 1.06. The largest absolute Gasteiger partial charge is 0.495 e. The Balaban J connectivity index is 2.21. The minimum atomic E-state index is -0.915. The second-order valence-electron chi connectivity index (χ2n) is 4.35.